The van der Waals surface area contributed by atoms with Crippen LogP contribution in [0.3, 0.4) is 0 Å². The molecule has 0 spiro atoms. The molecular weight excluding hydrogens is 236 g/mol. The fraction of sp³-hybridized carbons (Fsp3) is 0.938. The van der Waals surface area contributed by atoms with Gasteiger partial charge in [-0.1, -0.05) is 6.42 Å². The number of hydrogen-bond acceptors (Lipinski definition) is 2. The second kappa shape index (κ2) is 5.82. The molecule has 4 saturated carbocycles. The average Bonchev–Trinajstić information content (AvgIpc) is 2.37. The molecule has 4 rings (SSSR count). The first-order valence-electron chi connectivity index (χ1n) is 8.25. The molecule has 0 heterocycles. The third-order valence-electron chi connectivity index (χ3n) is 5.71. The van der Waals surface area contributed by atoms with E-state index in [2.05, 4.69) is 5.32 Å². The van der Waals surface area contributed by atoms with Crippen molar-refractivity contribution in [3.8, 4) is 0 Å². The van der Waals surface area contributed by atoms with Crippen LogP contribution in [0, 0.1) is 29.6 Å². The zero-order valence-electron chi connectivity index (χ0n) is 11.9. The first-order valence-corrected chi connectivity index (χ1v) is 8.25. The topological polar surface area (TPSA) is 55.1 Å². The minimum atomic E-state index is 0.349. The molecule has 0 unspecified atom stereocenters. The number of unbranched alkanes of at least 4 members (excludes halogenated alkanes) is 2. The second-order valence-corrected chi connectivity index (χ2v) is 7.10. The average molecular weight is 264 g/mol. The molecule has 4 bridgehead atoms. The van der Waals surface area contributed by atoms with Crippen LogP contribution >= 0.6 is 0 Å². The quantitative estimate of drug-likeness (QED) is 0.723. The molecule has 19 heavy (non-hydrogen) atoms. The Labute approximate surface area is 116 Å². The highest BCUT2D eigenvalue weighted by molar-refractivity contribution is 5.79. The van der Waals surface area contributed by atoms with E-state index in [4.69, 9.17) is 5.73 Å². The molecule has 3 heteroatoms. The molecule has 4 fully saturated rings. The van der Waals surface area contributed by atoms with E-state index < -0.39 is 0 Å². The molecule has 0 aromatic carbocycles. The molecule has 1 amide bonds. The minimum Gasteiger partial charge on any atom is -0.356 e. The number of carbonyl (C=O) groups excluding carboxylic acids is 1. The summed E-state index contributed by atoms with van der Waals surface area (Å²) in [6, 6.07) is 0. The third-order valence-corrected chi connectivity index (χ3v) is 5.71. The van der Waals surface area contributed by atoms with Gasteiger partial charge in [0.1, 0.15) is 0 Å². The van der Waals surface area contributed by atoms with Crippen molar-refractivity contribution in [2.75, 3.05) is 13.1 Å². The van der Waals surface area contributed by atoms with Gasteiger partial charge in [0.15, 0.2) is 0 Å². The summed E-state index contributed by atoms with van der Waals surface area (Å²) in [5, 5.41) is 3.19. The van der Waals surface area contributed by atoms with Crippen molar-refractivity contribution >= 4 is 5.91 Å². The number of amides is 1. The normalized spacial score (nSPS) is 39.5. The highest BCUT2D eigenvalue weighted by Gasteiger charge is 2.50. The lowest BCUT2D eigenvalue weighted by Crippen LogP contribution is -2.51. The Morgan fingerprint density at radius 1 is 0.947 bits per heavy atom. The minimum absolute atomic E-state index is 0.349. The lowest BCUT2D eigenvalue weighted by molar-refractivity contribution is -0.138. The smallest absolute Gasteiger partial charge is 0.223 e. The number of hydrogen-bond donors (Lipinski definition) is 2. The van der Waals surface area contributed by atoms with E-state index in [1.807, 2.05) is 0 Å². The highest BCUT2D eigenvalue weighted by Crippen LogP contribution is 2.56. The second-order valence-electron chi connectivity index (χ2n) is 7.10. The van der Waals surface area contributed by atoms with Gasteiger partial charge < -0.3 is 11.1 Å². The van der Waals surface area contributed by atoms with Crippen molar-refractivity contribution in [3.05, 3.63) is 0 Å². The van der Waals surface area contributed by atoms with E-state index in [9.17, 15) is 4.79 Å². The Hall–Kier alpha value is -0.570. The molecular formula is C16H28N2O. The first kappa shape index (κ1) is 13.4. The zero-order valence-corrected chi connectivity index (χ0v) is 11.9. The van der Waals surface area contributed by atoms with Crippen molar-refractivity contribution in [1.82, 2.24) is 5.32 Å². The summed E-state index contributed by atoms with van der Waals surface area (Å²) < 4.78 is 0. The summed E-state index contributed by atoms with van der Waals surface area (Å²) in [4.78, 5) is 12.4. The van der Waals surface area contributed by atoms with Gasteiger partial charge in [0.05, 0.1) is 0 Å². The van der Waals surface area contributed by atoms with Crippen molar-refractivity contribution in [2.45, 2.75) is 51.4 Å². The van der Waals surface area contributed by atoms with Gasteiger partial charge in [0, 0.05) is 12.5 Å². The summed E-state index contributed by atoms with van der Waals surface area (Å²) in [5.74, 6) is 4.04. The molecule has 0 saturated heterocycles. The molecule has 108 valence electrons. The molecule has 4 aliphatic carbocycles. The van der Waals surface area contributed by atoms with Crippen LogP contribution < -0.4 is 11.1 Å². The van der Waals surface area contributed by atoms with E-state index in [1.165, 1.54) is 32.1 Å². The van der Waals surface area contributed by atoms with Crippen LogP contribution in [-0.4, -0.2) is 19.0 Å². The summed E-state index contributed by atoms with van der Waals surface area (Å²) >= 11 is 0. The molecule has 0 aromatic rings. The number of rotatable bonds is 6. The Balaban J connectivity index is 1.47. The Morgan fingerprint density at radius 2 is 1.58 bits per heavy atom. The standard InChI is InChI=1S/C16H28N2O/c17-4-2-1-3-5-18-16(19)15-13-7-11-6-12(9-13)10-14(15)8-11/h11-15H,1-10,17H2,(H,18,19). The Kier molecular flexibility index (Phi) is 4.11. The van der Waals surface area contributed by atoms with Crippen molar-refractivity contribution in [3.63, 3.8) is 0 Å². The van der Waals surface area contributed by atoms with Gasteiger partial charge in [-0.25, -0.2) is 0 Å². The molecule has 0 aliphatic heterocycles. The van der Waals surface area contributed by atoms with Crippen LogP contribution in [0.1, 0.15) is 51.4 Å². The highest BCUT2D eigenvalue weighted by atomic mass is 16.1. The molecule has 3 N–H and O–H groups in total. The van der Waals surface area contributed by atoms with Crippen molar-refractivity contribution < 1.29 is 4.79 Å². The van der Waals surface area contributed by atoms with E-state index >= 15 is 0 Å². The largest absolute Gasteiger partial charge is 0.356 e. The van der Waals surface area contributed by atoms with E-state index in [0.29, 0.717) is 23.7 Å². The number of carbonyl (C=O) groups is 1. The predicted octanol–water partition coefficient (Wildman–Crippen LogP) is 2.30. The summed E-state index contributed by atoms with van der Waals surface area (Å²) in [7, 11) is 0. The summed E-state index contributed by atoms with van der Waals surface area (Å²) in [6.45, 7) is 1.62. The van der Waals surface area contributed by atoms with Crippen LogP contribution in [0.5, 0.6) is 0 Å². The number of nitrogens with two attached hydrogens (primary N) is 1. The van der Waals surface area contributed by atoms with Gasteiger partial charge in [-0.05, 0) is 75.2 Å². The van der Waals surface area contributed by atoms with Crippen molar-refractivity contribution in [1.29, 1.82) is 0 Å². The maximum Gasteiger partial charge on any atom is 0.223 e. The monoisotopic (exact) mass is 264 g/mol. The molecule has 0 aromatic heterocycles. The summed E-state index contributed by atoms with van der Waals surface area (Å²) in [6.07, 6.45) is 10.1. The van der Waals surface area contributed by atoms with E-state index in [1.54, 1.807) is 0 Å². The van der Waals surface area contributed by atoms with Gasteiger partial charge in [0.2, 0.25) is 5.91 Å². The van der Waals surface area contributed by atoms with Crippen LogP contribution in [0.4, 0.5) is 0 Å². The lowest BCUT2D eigenvalue weighted by atomic mass is 9.51. The maximum atomic E-state index is 12.4. The molecule has 0 atom stereocenters. The first-order chi connectivity index (χ1) is 9.28. The molecule has 4 aliphatic rings. The Bertz CT molecular complexity index is 301. The maximum absolute atomic E-state index is 12.4. The van der Waals surface area contributed by atoms with Gasteiger partial charge in [0.25, 0.3) is 0 Å². The van der Waals surface area contributed by atoms with Crippen LogP contribution in [0.2, 0.25) is 0 Å². The van der Waals surface area contributed by atoms with Gasteiger partial charge in [-0.3, -0.25) is 4.79 Å². The SMILES string of the molecule is NCCCCCNC(=O)C1C2CC3CC(C2)CC1C3. The fourth-order valence-electron chi connectivity index (χ4n) is 5.13. The lowest BCUT2D eigenvalue weighted by Gasteiger charge is -2.53. The van der Waals surface area contributed by atoms with Crippen molar-refractivity contribution in [2.24, 2.45) is 35.3 Å². The third kappa shape index (κ3) is 2.81. The van der Waals surface area contributed by atoms with Crippen LogP contribution in [-0.2, 0) is 4.79 Å². The molecule has 0 radical (unpaired) electrons. The van der Waals surface area contributed by atoms with Gasteiger partial charge in [-0.2, -0.15) is 0 Å². The van der Waals surface area contributed by atoms with Gasteiger partial charge in [-0.15, -0.1) is 0 Å². The summed E-state index contributed by atoms with van der Waals surface area (Å²) in [5.41, 5.74) is 5.48. The predicted molar refractivity (Wildman–Crippen MR) is 76.5 cm³/mol. The van der Waals surface area contributed by atoms with E-state index in [-0.39, 0.29) is 0 Å². The van der Waals surface area contributed by atoms with Crippen LogP contribution in [0.25, 0.3) is 0 Å². The molecule has 3 nitrogen and oxygen atoms in total. The number of nitrogens with one attached hydrogen (secondary N) is 1. The Morgan fingerprint density at radius 3 is 2.16 bits per heavy atom. The fourth-order valence-corrected chi connectivity index (χ4v) is 5.13. The van der Waals surface area contributed by atoms with Gasteiger partial charge >= 0.3 is 0 Å². The van der Waals surface area contributed by atoms with Crippen LogP contribution in [0.15, 0.2) is 0 Å². The van der Waals surface area contributed by atoms with E-state index in [0.717, 1.165) is 44.2 Å². The zero-order chi connectivity index (χ0) is 13.2.